The first-order valence-electron chi connectivity index (χ1n) is 18.9. The van der Waals surface area contributed by atoms with Crippen LogP contribution >= 0.6 is 24.8 Å². The van der Waals surface area contributed by atoms with Crippen molar-refractivity contribution in [2.75, 3.05) is 0 Å². The van der Waals surface area contributed by atoms with Crippen molar-refractivity contribution in [3.63, 3.8) is 0 Å². The molecule has 7 rings (SSSR count). The van der Waals surface area contributed by atoms with E-state index in [9.17, 15) is 0 Å². The van der Waals surface area contributed by atoms with Crippen LogP contribution in [0.5, 0.6) is 0 Å². The summed E-state index contributed by atoms with van der Waals surface area (Å²) in [5, 5.41) is 0. The van der Waals surface area contributed by atoms with Gasteiger partial charge in [-0.25, -0.2) is 0 Å². The molecule has 51 heavy (non-hydrogen) atoms. The molecule has 0 radical (unpaired) electrons. The molecule has 4 aromatic rings. The second kappa shape index (κ2) is 15.4. The van der Waals surface area contributed by atoms with E-state index in [-0.39, 0.29) is 35.6 Å². The Hall–Kier alpha value is -1.96. The number of hydrogen-bond donors (Lipinski definition) is 0. The molecule has 0 aromatic heterocycles. The number of rotatable bonds is 6. The molecule has 3 aliphatic carbocycles. The van der Waals surface area contributed by atoms with Crippen molar-refractivity contribution in [2.24, 2.45) is 5.92 Å². The summed E-state index contributed by atoms with van der Waals surface area (Å²) >= 11 is -3.10. The zero-order valence-electron chi connectivity index (χ0n) is 32.2. The predicted molar refractivity (Wildman–Crippen MR) is 228 cm³/mol. The van der Waals surface area contributed by atoms with Crippen molar-refractivity contribution in [3.05, 3.63) is 129 Å². The van der Waals surface area contributed by atoms with Crippen LogP contribution in [-0.4, -0.2) is 6.88 Å². The van der Waals surface area contributed by atoms with E-state index < -0.39 is 18.9 Å². The number of allylic oxidation sites excluding steroid dienone is 2. The van der Waals surface area contributed by atoms with Crippen molar-refractivity contribution >= 4 is 43.8 Å². The second-order valence-electron chi connectivity index (χ2n) is 17.9. The maximum atomic E-state index is 2.61. The summed E-state index contributed by atoms with van der Waals surface area (Å²) in [6, 6.07) is 33.4. The van der Waals surface area contributed by atoms with Crippen molar-refractivity contribution in [1.29, 1.82) is 0 Å². The van der Waals surface area contributed by atoms with Crippen LogP contribution in [0.15, 0.2) is 96.1 Å². The molecule has 0 nitrogen and oxygen atoms in total. The van der Waals surface area contributed by atoms with Crippen molar-refractivity contribution in [1.82, 2.24) is 0 Å². The zero-order chi connectivity index (χ0) is 34.7. The topological polar surface area (TPSA) is 0 Å². The fourth-order valence-electron chi connectivity index (χ4n) is 9.76. The van der Waals surface area contributed by atoms with Crippen LogP contribution in [0.25, 0.3) is 34.4 Å². The Morgan fingerprint density at radius 2 is 0.961 bits per heavy atom. The van der Waals surface area contributed by atoms with Gasteiger partial charge in [-0.1, -0.05) is 0 Å². The van der Waals surface area contributed by atoms with Crippen LogP contribution in [0, 0.1) is 5.92 Å². The SMILES string of the molecule is CC1=Cc2c(-c3ccc(C(C)(C)C)cc3)cccc2[CH]1[Zr](=[SiH2])([CH2]C1CCCCC1)[CH]1C(C)=Cc2c(-c3ccc(C(C)(C)C)cc3)cccc21.Cl.Cl. The molecule has 4 heteroatoms. The van der Waals surface area contributed by atoms with E-state index >= 15 is 0 Å². The molecule has 4 aromatic carbocycles. The first kappa shape index (κ1) is 40.2. The average Bonchev–Trinajstić information content (AvgIpc) is 3.60. The molecule has 1 saturated carbocycles. The Morgan fingerprint density at radius 1 is 0.569 bits per heavy atom. The number of fused-ring (bicyclic) bond motifs is 2. The molecule has 269 valence electrons. The van der Waals surface area contributed by atoms with Gasteiger partial charge in [0.15, 0.2) is 0 Å². The second-order valence-corrected chi connectivity index (χ2v) is 35.5. The van der Waals surface area contributed by atoms with Gasteiger partial charge in [0, 0.05) is 0 Å². The van der Waals surface area contributed by atoms with Gasteiger partial charge in [-0.15, -0.1) is 24.8 Å². The zero-order valence-corrected chi connectivity index (χ0v) is 37.7. The molecule has 0 saturated heterocycles. The minimum Gasteiger partial charge on any atom is -0.147 e. The van der Waals surface area contributed by atoms with Gasteiger partial charge in [-0.05, 0) is 0 Å². The van der Waals surface area contributed by atoms with Crippen molar-refractivity contribution in [3.8, 4) is 22.3 Å². The predicted octanol–water partition coefficient (Wildman–Crippen LogP) is 13.8. The van der Waals surface area contributed by atoms with Gasteiger partial charge in [-0.2, -0.15) is 0 Å². The van der Waals surface area contributed by atoms with Crippen LogP contribution in [0.2, 0.25) is 4.13 Å². The molecule has 1 fully saturated rings. The standard InChI is InChI=1S/2C20H21.C7H13.2ClH.H2Si.Zr/c2*1-14-12-16-6-5-7-18(19(16)13-14)15-8-10-17(11-9-15)20(2,3)4;1-7-5-3-2-4-6-7;;;;/h2*5-13H,1-4H3;7H,1-6H2;2*1H;1H2;. The summed E-state index contributed by atoms with van der Waals surface area (Å²) in [4.78, 5) is 0. The van der Waals surface area contributed by atoms with Crippen LogP contribution in [0.1, 0.15) is 128 Å². The first-order valence-corrected chi connectivity index (χ1v) is 29.4. The maximum Gasteiger partial charge on any atom is -0.147 e. The normalized spacial score (nSPS) is 19.9. The van der Waals surface area contributed by atoms with Gasteiger partial charge < -0.3 is 0 Å². The third-order valence-corrected chi connectivity index (χ3v) is 31.5. The van der Waals surface area contributed by atoms with E-state index in [4.69, 9.17) is 0 Å². The summed E-state index contributed by atoms with van der Waals surface area (Å²) in [5.41, 5.74) is 18.2. The van der Waals surface area contributed by atoms with Gasteiger partial charge in [-0.3, -0.25) is 0 Å². The molecule has 0 amide bonds. The Balaban J connectivity index is 0.00000252. The van der Waals surface area contributed by atoms with Gasteiger partial charge in [0.05, 0.1) is 0 Å². The van der Waals surface area contributed by atoms with E-state index in [2.05, 4.69) is 159 Å². The Bertz CT molecular complexity index is 1850. The van der Waals surface area contributed by atoms with Crippen LogP contribution < -0.4 is 0 Å². The quantitative estimate of drug-likeness (QED) is 0.170. The summed E-state index contributed by atoms with van der Waals surface area (Å²) in [6.07, 6.45) is 12.3. The van der Waals surface area contributed by atoms with Gasteiger partial charge in [0.2, 0.25) is 0 Å². The summed E-state index contributed by atoms with van der Waals surface area (Å²) in [6.45, 7) is 21.4. The largest absolute Gasteiger partial charge is 0.147 e. The van der Waals surface area contributed by atoms with Crippen LogP contribution in [0.3, 0.4) is 0 Å². The fraction of sp³-hybridized carbons (Fsp3) is 0.404. The minimum atomic E-state index is -3.10. The minimum absolute atomic E-state index is 0. The van der Waals surface area contributed by atoms with Crippen molar-refractivity contribution in [2.45, 2.75) is 110 Å². The third-order valence-electron chi connectivity index (χ3n) is 12.2. The molecule has 3 aliphatic rings. The molecule has 0 heterocycles. The summed E-state index contributed by atoms with van der Waals surface area (Å²) in [5.74, 6) is 0.886. The van der Waals surface area contributed by atoms with Crippen molar-refractivity contribution < 1.29 is 18.9 Å². The molecular formula is C47H59Cl2SiZr. The molecule has 2 atom stereocenters. The van der Waals surface area contributed by atoms with Gasteiger partial charge >= 0.3 is 305 Å². The Morgan fingerprint density at radius 3 is 1.33 bits per heavy atom. The fourth-order valence-corrected chi connectivity index (χ4v) is 33.4. The van der Waals surface area contributed by atoms with E-state index in [0.29, 0.717) is 7.25 Å². The average molecular weight is 814 g/mol. The monoisotopic (exact) mass is 811 g/mol. The maximum absolute atomic E-state index is 3.10. The van der Waals surface area contributed by atoms with E-state index in [1.54, 1.807) is 22.3 Å². The third kappa shape index (κ3) is 7.69. The molecule has 0 bridgehead atoms. The summed E-state index contributed by atoms with van der Waals surface area (Å²) in [7, 11) is 0. The molecular weight excluding hydrogens is 755 g/mol. The first-order chi connectivity index (χ1) is 23.3. The van der Waals surface area contributed by atoms with E-state index in [1.165, 1.54) is 80.7 Å². The Kier molecular flexibility index (Phi) is 12.2. The van der Waals surface area contributed by atoms with E-state index in [1.807, 2.05) is 0 Å². The van der Waals surface area contributed by atoms with Gasteiger partial charge in [0.25, 0.3) is 0 Å². The Labute approximate surface area is 327 Å². The van der Waals surface area contributed by atoms with Gasteiger partial charge in [0.1, 0.15) is 0 Å². The molecule has 2 unspecified atom stereocenters. The number of hydrogen-bond acceptors (Lipinski definition) is 0. The summed E-state index contributed by atoms with van der Waals surface area (Å²) < 4.78 is 2.70. The molecule has 0 aliphatic heterocycles. The number of halogens is 2. The molecule has 0 N–H and O–H groups in total. The number of benzene rings is 4. The molecule has 0 spiro atoms. The smallest absolute Gasteiger partial charge is 0.147 e. The van der Waals surface area contributed by atoms with Crippen LogP contribution in [-0.2, 0) is 29.7 Å². The van der Waals surface area contributed by atoms with E-state index in [0.717, 1.165) is 5.92 Å². The van der Waals surface area contributed by atoms with Crippen LogP contribution in [0.4, 0.5) is 0 Å².